The summed E-state index contributed by atoms with van der Waals surface area (Å²) in [6, 6.07) is 9.18. The summed E-state index contributed by atoms with van der Waals surface area (Å²) in [5.41, 5.74) is 0.943. The fourth-order valence-corrected chi connectivity index (χ4v) is 2.68. The van der Waals surface area contributed by atoms with E-state index in [9.17, 15) is 9.59 Å². The van der Waals surface area contributed by atoms with Gasteiger partial charge in [-0.3, -0.25) is 4.90 Å². The van der Waals surface area contributed by atoms with Crippen LogP contribution in [0.2, 0.25) is 0 Å². The highest BCUT2D eigenvalue weighted by Crippen LogP contribution is 2.30. The van der Waals surface area contributed by atoms with Crippen LogP contribution in [0.4, 0.5) is 4.79 Å². The SMILES string of the molecule is O=C(O)c1cnc(C2CCCN2C(=O)OCc2ccccc2)nc1. The van der Waals surface area contributed by atoms with Crippen molar-refractivity contribution in [2.75, 3.05) is 6.54 Å². The molecule has 124 valence electrons. The van der Waals surface area contributed by atoms with Crippen molar-refractivity contribution in [1.82, 2.24) is 14.9 Å². The minimum Gasteiger partial charge on any atom is -0.478 e. The Morgan fingerprint density at radius 2 is 1.92 bits per heavy atom. The van der Waals surface area contributed by atoms with E-state index in [0.717, 1.165) is 18.4 Å². The van der Waals surface area contributed by atoms with Crippen LogP contribution in [0.3, 0.4) is 0 Å². The van der Waals surface area contributed by atoms with Crippen molar-refractivity contribution in [3.05, 3.63) is 59.7 Å². The van der Waals surface area contributed by atoms with E-state index < -0.39 is 12.1 Å². The number of carboxylic acid groups (broad SMARTS) is 1. The van der Waals surface area contributed by atoms with Crippen molar-refractivity contribution in [3.8, 4) is 0 Å². The predicted octanol–water partition coefficient (Wildman–Crippen LogP) is 2.65. The molecular weight excluding hydrogens is 310 g/mol. The van der Waals surface area contributed by atoms with Crippen LogP contribution in [0.5, 0.6) is 0 Å². The lowest BCUT2D eigenvalue weighted by Crippen LogP contribution is -2.32. The Morgan fingerprint density at radius 3 is 2.58 bits per heavy atom. The van der Waals surface area contributed by atoms with Gasteiger partial charge in [0.25, 0.3) is 0 Å². The van der Waals surface area contributed by atoms with Gasteiger partial charge < -0.3 is 9.84 Å². The number of nitrogens with zero attached hydrogens (tertiary/aromatic N) is 3. The number of rotatable bonds is 4. The van der Waals surface area contributed by atoms with Gasteiger partial charge >= 0.3 is 12.1 Å². The van der Waals surface area contributed by atoms with Crippen molar-refractivity contribution in [2.45, 2.75) is 25.5 Å². The predicted molar refractivity (Wildman–Crippen MR) is 84.3 cm³/mol. The smallest absolute Gasteiger partial charge is 0.410 e. The van der Waals surface area contributed by atoms with Gasteiger partial charge in [0, 0.05) is 18.9 Å². The van der Waals surface area contributed by atoms with Gasteiger partial charge in [-0.15, -0.1) is 0 Å². The van der Waals surface area contributed by atoms with Crippen molar-refractivity contribution in [2.24, 2.45) is 0 Å². The van der Waals surface area contributed by atoms with Gasteiger partial charge in [-0.2, -0.15) is 0 Å². The number of amides is 1. The molecule has 24 heavy (non-hydrogen) atoms. The zero-order chi connectivity index (χ0) is 16.9. The summed E-state index contributed by atoms with van der Waals surface area (Å²) >= 11 is 0. The number of aromatic carboxylic acids is 1. The van der Waals surface area contributed by atoms with Crippen LogP contribution in [0.15, 0.2) is 42.7 Å². The van der Waals surface area contributed by atoms with Gasteiger partial charge in [0.1, 0.15) is 6.61 Å². The molecule has 1 amide bonds. The summed E-state index contributed by atoms with van der Waals surface area (Å²) in [5.74, 6) is -0.638. The van der Waals surface area contributed by atoms with Crippen LogP contribution in [0.25, 0.3) is 0 Å². The molecule has 0 bridgehead atoms. The maximum absolute atomic E-state index is 12.3. The molecule has 1 N–H and O–H groups in total. The number of ether oxygens (including phenoxy) is 1. The molecule has 2 aromatic rings. The summed E-state index contributed by atoms with van der Waals surface area (Å²) < 4.78 is 5.36. The van der Waals surface area contributed by atoms with Gasteiger partial charge in [-0.25, -0.2) is 19.6 Å². The molecule has 7 nitrogen and oxygen atoms in total. The second kappa shape index (κ2) is 7.08. The average molecular weight is 327 g/mol. The van der Waals surface area contributed by atoms with E-state index >= 15 is 0 Å². The Kier molecular flexibility index (Phi) is 4.69. The highest BCUT2D eigenvalue weighted by Gasteiger charge is 2.33. The summed E-state index contributed by atoms with van der Waals surface area (Å²) in [7, 11) is 0. The summed E-state index contributed by atoms with van der Waals surface area (Å²) in [6.45, 7) is 0.782. The first-order chi connectivity index (χ1) is 11.6. The van der Waals surface area contributed by atoms with Crippen molar-refractivity contribution in [1.29, 1.82) is 0 Å². The Hall–Kier alpha value is -2.96. The Balaban J connectivity index is 1.66. The first kappa shape index (κ1) is 15.9. The van der Waals surface area contributed by atoms with Gasteiger partial charge in [-0.05, 0) is 18.4 Å². The van der Waals surface area contributed by atoms with Crippen LogP contribution < -0.4 is 0 Å². The standard InChI is InChI=1S/C17H17N3O4/c21-16(22)13-9-18-15(19-10-13)14-7-4-8-20(14)17(23)24-11-12-5-2-1-3-6-12/h1-3,5-6,9-10,14H,4,7-8,11H2,(H,21,22). The van der Waals surface area contributed by atoms with E-state index in [4.69, 9.17) is 9.84 Å². The van der Waals surface area contributed by atoms with Crippen LogP contribution >= 0.6 is 0 Å². The molecule has 3 rings (SSSR count). The monoisotopic (exact) mass is 327 g/mol. The highest BCUT2D eigenvalue weighted by molar-refractivity contribution is 5.86. The lowest BCUT2D eigenvalue weighted by molar-refractivity contribution is 0.0694. The third-order valence-electron chi connectivity index (χ3n) is 3.91. The summed E-state index contributed by atoms with van der Waals surface area (Å²) in [4.78, 5) is 33.0. The molecule has 0 saturated carbocycles. The molecule has 2 heterocycles. The number of hydrogen-bond donors (Lipinski definition) is 1. The van der Waals surface area contributed by atoms with E-state index in [1.165, 1.54) is 12.4 Å². The molecule has 1 saturated heterocycles. The molecular formula is C17H17N3O4. The Labute approximate surface area is 138 Å². The topological polar surface area (TPSA) is 92.6 Å². The fraction of sp³-hybridized carbons (Fsp3) is 0.294. The molecule has 1 aliphatic heterocycles. The number of benzene rings is 1. The van der Waals surface area contributed by atoms with Crippen LogP contribution in [0, 0.1) is 0 Å². The van der Waals surface area contributed by atoms with Gasteiger partial charge in [0.05, 0.1) is 11.6 Å². The van der Waals surface area contributed by atoms with Gasteiger partial charge in [0.15, 0.2) is 5.82 Å². The van der Waals surface area contributed by atoms with Crippen molar-refractivity contribution < 1.29 is 19.4 Å². The molecule has 0 spiro atoms. The number of aromatic nitrogens is 2. The maximum atomic E-state index is 12.3. The maximum Gasteiger partial charge on any atom is 0.410 e. The van der Waals surface area contributed by atoms with Gasteiger partial charge in [-0.1, -0.05) is 30.3 Å². The lowest BCUT2D eigenvalue weighted by Gasteiger charge is -2.22. The highest BCUT2D eigenvalue weighted by atomic mass is 16.6. The van der Waals surface area contributed by atoms with E-state index in [-0.39, 0.29) is 18.2 Å². The third kappa shape index (κ3) is 3.51. The third-order valence-corrected chi connectivity index (χ3v) is 3.91. The first-order valence-corrected chi connectivity index (χ1v) is 7.67. The largest absolute Gasteiger partial charge is 0.478 e. The average Bonchev–Trinajstić information content (AvgIpc) is 3.10. The number of likely N-dealkylation sites (tertiary alicyclic amines) is 1. The van der Waals surface area contributed by atoms with Crippen LogP contribution in [0.1, 0.15) is 40.6 Å². The number of hydrogen-bond acceptors (Lipinski definition) is 5. The van der Waals surface area contributed by atoms with E-state index in [1.54, 1.807) is 4.90 Å². The Morgan fingerprint density at radius 1 is 1.21 bits per heavy atom. The molecule has 1 unspecified atom stereocenters. The number of carbonyl (C=O) groups is 2. The zero-order valence-electron chi connectivity index (χ0n) is 13.0. The molecule has 0 aliphatic carbocycles. The Bertz CT molecular complexity index is 718. The fourth-order valence-electron chi connectivity index (χ4n) is 2.68. The zero-order valence-corrected chi connectivity index (χ0v) is 13.0. The van der Waals surface area contributed by atoms with E-state index in [0.29, 0.717) is 12.4 Å². The summed E-state index contributed by atoms with van der Waals surface area (Å²) in [6.07, 6.45) is 3.67. The minimum atomic E-state index is -1.08. The molecule has 1 atom stereocenters. The van der Waals surface area contributed by atoms with Crippen LogP contribution in [-0.4, -0.2) is 38.6 Å². The molecule has 1 aromatic carbocycles. The number of carboxylic acids is 1. The molecule has 0 radical (unpaired) electrons. The molecule has 7 heteroatoms. The van der Waals surface area contributed by atoms with E-state index in [1.807, 2.05) is 30.3 Å². The van der Waals surface area contributed by atoms with Crippen molar-refractivity contribution >= 4 is 12.1 Å². The van der Waals surface area contributed by atoms with E-state index in [2.05, 4.69) is 9.97 Å². The first-order valence-electron chi connectivity index (χ1n) is 7.67. The second-order valence-corrected chi connectivity index (χ2v) is 5.53. The molecule has 1 aliphatic rings. The minimum absolute atomic E-state index is 0.0231. The lowest BCUT2D eigenvalue weighted by atomic mass is 10.2. The molecule has 1 fully saturated rings. The second-order valence-electron chi connectivity index (χ2n) is 5.53. The summed E-state index contributed by atoms with van der Waals surface area (Å²) in [5, 5.41) is 8.89. The molecule has 1 aromatic heterocycles. The van der Waals surface area contributed by atoms with Gasteiger partial charge in [0.2, 0.25) is 0 Å². The number of carbonyl (C=O) groups excluding carboxylic acids is 1. The van der Waals surface area contributed by atoms with Crippen LogP contribution in [-0.2, 0) is 11.3 Å². The normalized spacial score (nSPS) is 16.8. The van der Waals surface area contributed by atoms with Crippen molar-refractivity contribution in [3.63, 3.8) is 0 Å². The quantitative estimate of drug-likeness (QED) is 0.928.